The van der Waals surface area contributed by atoms with E-state index < -0.39 is 44.6 Å². The van der Waals surface area contributed by atoms with Gasteiger partial charge in [0, 0.05) is 0 Å². The summed E-state index contributed by atoms with van der Waals surface area (Å²) in [5.74, 6) is -3.38. The summed E-state index contributed by atoms with van der Waals surface area (Å²) in [7, 11) is -3.06. The van der Waals surface area contributed by atoms with E-state index in [4.69, 9.17) is 5.11 Å². The van der Waals surface area contributed by atoms with Crippen molar-refractivity contribution in [3.05, 3.63) is 29.6 Å². The van der Waals surface area contributed by atoms with E-state index in [9.17, 15) is 22.4 Å². The topological polar surface area (TPSA) is 110 Å². The van der Waals surface area contributed by atoms with Crippen molar-refractivity contribution in [3.8, 4) is 0 Å². The summed E-state index contributed by atoms with van der Waals surface area (Å²) < 4.78 is 44.7. The summed E-state index contributed by atoms with van der Waals surface area (Å²) in [6, 6.07) is 1.65. The van der Waals surface area contributed by atoms with Crippen LogP contribution in [-0.4, -0.2) is 38.6 Å². The molecule has 0 unspecified atom stereocenters. The summed E-state index contributed by atoms with van der Waals surface area (Å²) in [4.78, 5) is 21.8. The molecule has 0 radical (unpaired) electrons. The van der Waals surface area contributed by atoms with Gasteiger partial charge in [0.05, 0.1) is 18.4 Å². The molecular formula is C14H18FNO6S. The van der Waals surface area contributed by atoms with Crippen molar-refractivity contribution in [1.82, 2.24) is 4.72 Å². The smallest absolute Gasteiger partial charge is 0.322 e. The van der Waals surface area contributed by atoms with Crippen LogP contribution in [0.3, 0.4) is 0 Å². The maximum absolute atomic E-state index is 13.9. The van der Waals surface area contributed by atoms with Crippen molar-refractivity contribution in [2.24, 2.45) is 5.92 Å². The van der Waals surface area contributed by atoms with Crippen LogP contribution in [0, 0.1) is 11.7 Å². The number of hydrogen-bond acceptors (Lipinski definition) is 5. The van der Waals surface area contributed by atoms with Gasteiger partial charge in [0.1, 0.15) is 11.9 Å². The van der Waals surface area contributed by atoms with Gasteiger partial charge >= 0.3 is 11.9 Å². The monoisotopic (exact) mass is 347 g/mol. The predicted octanol–water partition coefficient (Wildman–Crippen LogP) is 0.929. The normalized spacial score (nSPS) is 12.9. The van der Waals surface area contributed by atoms with Crippen LogP contribution >= 0.6 is 0 Å². The number of benzene rings is 1. The number of carbonyl (C=O) groups excluding carboxylic acids is 1. The van der Waals surface area contributed by atoms with Gasteiger partial charge in [-0.15, -0.1) is 0 Å². The molecule has 128 valence electrons. The van der Waals surface area contributed by atoms with E-state index in [1.54, 1.807) is 13.8 Å². The Balaban J connectivity index is 3.08. The van der Waals surface area contributed by atoms with Gasteiger partial charge in [-0.25, -0.2) is 12.8 Å². The molecule has 1 rings (SSSR count). The summed E-state index contributed by atoms with van der Waals surface area (Å²) in [6.07, 6.45) is -0.333. The Kier molecular flexibility index (Phi) is 6.22. The van der Waals surface area contributed by atoms with Crippen LogP contribution in [0.4, 0.5) is 4.39 Å². The van der Waals surface area contributed by atoms with E-state index in [0.29, 0.717) is 0 Å². The maximum atomic E-state index is 13.9. The molecule has 1 atom stereocenters. The minimum atomic E-state index is -4.21. The molecule has 0 aliphatic carbocycles. The van der Waals surface area contributed by atoms with Crippen LogP contribution in [-0.2, 0) is 30.8 Å². The molecule has 0 bridgehead atoms. The molecule has 0 amide bonds. The molecule has 0 aliphatic heterocycles. The fourth-order valence-electron chi connectivity index (χ4n) is 1.77. The van der Waals surface area contributed by atoms with Crippen LogP contribution in [0.25, 0.3) is 0 Å². The molecule has 0 fully saturated rings. The molecule has 1 aromatic carbocycles. The van der Waals surface area contributed by atoms with Gasteiger partial charge in [-0.1, -0.05) is 19.9 Å². The van der Waals surface area contributed by atoms with Gasteiger partial charge in [0.2, 0.25) is 10.0 Å². The van der Waals surface area contributed by atoms with Crippen LogP contribution < -0.4 is 4.72 Å². The molecule has 9 heteroatoms. The average Bonchev–Trinajstić information content (AvgIpc) is 2.46. The first-order valence-corrected chi connectivity index (χ1v) is 8.17. The zero-order chi connectivity index (χ0) is 17.8. The van der Waals surface area contributed by atoms with Gasteiger partial charge in [-0.3, -0.25) is 9.59 Å². The summed E-state index contributed by atoms with van der Waals surface area (Å²) in [5, 5.41) is 9.03. The van der Waals surface area contributed by atoms with Gasteiger partial charge in [0.15, 0.2) is 0 Å². The predicted molar refractivity (Wildman–Crippen MR) is 78.7 cm³/mol. The molecule has 23 heavy (non-hydrogen) atoms. The molecule has 1 aromatic rings. The van der Waals surface area contributed by atoms with Crippen LogP contribution in [0.5, 0.6) is 0 Å². The fraction of sp³-hybridized carbons (Fsp3) is 0.429. The van der Waals surface area contributed by atoms with E-state index in [0.717, 1.165) is 25.3 Å². The molecule has 0 saturated heterocycles. The fourth-order valence-corrected chi connectivity index (χ4v) is 3.12. The van der Waals surface area contributed by atoms with Gasteiger partial charge < -0.3 is 9.84 Å². The number of esters is 1. The number of sulfonamides is 1. The first-order chi connectivity index (χ1) is 10.6. The van der Waals surface area contributed by atoms with Crippen molar-refractivity contribution in [2.75, 3.05) is 7.11 Å². The molecule has 0 aromatic heterocycles. The van der Waals surface area contributed by atoms with E-state index >= 15 is 0 Å². The van der Waals surface area contributed by atoms with Crippen molar-refractivity contribution in [2.45, 2.75) is 31.2 Å². The number of nitrogens with one attached hydrogen (secondary N) is 1. The van der Waals surface area contributed by atoms with E-state index in [1.807, 2.05) is 4.72 Å². The van der Waals surface area contributed by atoms with E-state index in [2.05, 4.69) is 4.74 Å². The SMILES string of the molecule is COC(=O)Cc1ccc(S(=O)(=O)N[C@@H](C(=O)O)C(C)C)cc1F. The highest BCUT2D eigenvalue weighted by atomic mass is 32.2. The number of rotatable bonds is 7. The van der Waals surface area contributed by atoms with Crippen molar-refractivity contribution >= 4 is 22.0 Å². The minimum Gasteiger partial charge on any atom is -0.480 e. The molecule has 7 nitrogen and oxygen atoms in total. The Hall–Kier alpha value is -2.00. The van der Waals surface area contributed by atoms with E-state index in [-0.39, 0.29) is 12.0 Å². The number of ether oxygens (including phenoxy) is 1. The quantitative estimate of drug-likeness (QED) is 0.710. The minimum absolute atomic E-state index is 0.0190. The Morgan fingerprint density at radius 3 is 2.39 bits per heavy atom. The lowest BCUT2D eigenvalue weighted by Crippen LogP contribution is -2.44. The Morgan fingerprint density at radius 1 is 1.35 bits per heavy atom. The first kappa shape index (κ1) is 19.0. The second-order valence-electron chi connectivity index (χ2n) is 5.19. The van der Waals surface area contributed by atoms with Gasteiger partial charge in [-0.2, -0.15) is 4.72 Å². The second-order valence-corrected chi connectivity index (χ2v) is 6.90. The largest absolute Gasteiger partial charge is 0.480 e. The van der Waals surface area contributed by atoms with Crippen LogP contribution in [0.15, 0.2) is 23.1 Å². The van der Waals surface area contributed by atoms with Gasteiger partial charge in [-0.05, 0) is 23.6 Å². The third-order valence-electron chi connectivity index (χ3n) is 3.11. The molecule has 0 heterocycles. The highest BCUT2D eigenvalue weighted by molar-refractivity contribution is 7.89. The number of carboxylic acid groups (broad SMARTS) is 1. The highest BCUT2D eigenvalue weighted by Crippen LogP contribution is 2.17. The zero-order valence-corrected chi connectivity index (χ0v) is 13.7. The average molecular weight is 347 g/mol. The summed E-state index contributed by atoms with van der Waals surface area (Å²) >= 11 is 0. The van der Waals surface area contributed by atoms with Gasteiger partial charge in [0.25, 0.3) is 0 Å². The highest BCUT2D eigenvalue weighted by Gasteiger charge is 2.28. The standard InChI is InChI=1S/C14H18FNO6S/c1-8(2)13(14(18)19)16-23(20,21)10-5-4-9(11(15)7-10)6-12(17)22-3/h4-5,7-8,13,16H,6H2,1-3H3,(H,18,19)/t13-/m1/s1. The molecule has 0 aliphatic rings. The number of methoxy groups -OCH3 is 1. The third-order valence-corrected chi connectivity index (χ3v) is 4.55. The number of carbonyl (C=O) groups is 2. The summed E-state index contributed by atoms with van der Waals surface area (Å²) in [6.45, 7) is 3.09. The second kappa shape index (κ2) is 7.51. The molecular weight excluding hydrogens is 329 g/mol. The number of carboxylic acids is 1. The zero-order valence-electron chi connectivity index (χ0n) is 12.9. The Labute approximate surface area is 133 Å². The van der Waals surface area contributed by atoms with E-state index in [1.165, 1.54) is 0 Å². The van der Waals surface area contributed by atoms with Crippen molar-refractivity contribution < 1.29 is 32.2 Å². The number of aliphatic carboxylic acids is 1. The summed E-state index contributed by atoms with van der Waals surface area (Å²) in [5.41, 5.74) is -0.0190. The third kappa shape index (κ3) is 5.00. The molecule has 0 saturated carbocycles. The lowest BCUT2D eigenvalue weighted by Gasteiger charge is -2.18. The first-order valence-electron chi connectivity index (χ1n) is 6.69. The lowest BCUT2D eigenvalue weighted by atomic mass is 10.1. The van der Waals surface area contributed by atoms with Crippen LogP contribution in [0.1, 0.15) is 19.4 Å². The maximum Gasteiger partial charge on any atom is 0.322 e. The lowest BCUT2D eigenvalue weighted by molar-refractivity contribution is -0.140. The number of hydrogen-bond donors (Lipinski definition) is 2. The Bertz CT molecular complexity index is 701. The van der Waals surface area contributed by atoms with Crippen LogP contribution in [0.2, 0.25) is 0 Å². The van der Waals surface area contributed by atoms with Crippen molar-refractivity contribution in [1.29, 1.82) is 0 Å². The Morgan fingerprint density at radius 2 is 1.96 bits per heavy atom. The van der Waals surface area contributed by atoms with Crippen molar-refractivity contribution in [3.63, 3.8) is 0 Å². The molecule has 0 spiro atoms. The number of halogens is 1. The molecule has 2 N–H and O–H groups in total.